The number of aryl methyl sites for hydroxylation is 2. The second kappa shape index (κ2) is 18.2. The van der Waals surface area contributed by atoms with E-state index < -0.39 is 19.2 Å². The van der Waals surface area contributed by atoms with Crippen molar-refractivity contribution in [2.24, 2.45) is 0 Å². The topological polar surface area (TPSA) is 43.9 Å². The van der Waals surface area contributed by atoms with Crippen molar-refractivity contribution >= 4 is 61.4 Å². The van der Waals surface area contributed by atoms with Gasteiger partial charge in [-0.05, 0) is 76.9 Å². The molecule has 0 amide bonds. The van der Waals surface area contributed by atoms with Gasteiger partial charge in [-0.15, -0.1) is 18.2 Å². The van der Waals surface area contributed by atoms with E-state index in [-0.39, 0.29) is 25.5 Å². The summed E-state index contributed by atoms with van der Waals surface area (Å²) in [6.07, 6.45) is 6.64. The molecule has 0 saturated heterocycles. The Labute approximate surface area is 407 Å². The van der Waals surface area contributed by atoms with Crippen molar-refractivity contribution in [1.29, 1.82) is 0 Å². The number of fused-ring (bicyclic) bond motifs is 8. The molecule has 0 saturated carbocycles. The van der Waals surface area contributed by atoms with Gasteiger partial charge in [-0.25, -0.2) is 0 Å². The van der Waals surface area contributed by atoms with E-state index in [1.807, 2.05) is 50.4 Å². The summed E-state index contributed by atoms with van der Waals surface area (Å²) in [6, 6.07) is 56.1. The van der Waals surface area contributed by atoms with Gasteiger partial charge in [0.1, 0.15) is 5.58 Å². The van der Waals surface area contributed by atoms with E-state index >= 15 is 0 Å². The molecule has 0 spiro atoms. The summed E-state index contributed by atoms with van der Waals surface area (Å²) >= 11 is -2.03. The Kier molecular flexibility index (Phi) is 12.2. The van der Waals surface area contributed by atoms with Crippen LogP contribution < -0.4 is 4.40 Å². The van der Waals surface area contributed by atoms with Crippen LogP contribution in [0.2, 0.25) is 17.3 Å². The average Bonchev–Trinajstić information content (AvgIpc) is 3.91. The Balaban J connectivity index is 0.000000226. The normalized spacial score (nSPS) is 13.3. The monoisotopic (exact) mass is 1100 g/mol. The van der Waals surface area contributed by atoms with Crippen LogP contribution in [-0.2, 0) is 38.4 Å². The van der Waals surface area contributed by atoms with Gasteiger partial charge in [0.15, 0.2) is 0 Å². The first kappa shape index (κ1) is 44.3. The molecule has 0 atom stereocenters. The third-order valence-corrected chi connectivity index (χ3v) is 17.3. The van der Waals surface area contributed by atoms with Gasteiger partial charge >= 0.3 is 120 Å². The van der Waals surface area contributed by atoms with E-state index in [4.69, 9.17) is 10.8 Å². The molecule has 0 unspecified atom stereocenters. The van der Waals surface area contributed by atoms with Gasteiger partial charge in [0.2, 0.25) is 0 Å². The first-order valence-electron chi connectivity index (χ1n) is 23.6. The summed E-state index contributed by atoms with van der Waals surface area (Å²) in [5.74, 6) is 7.28. The van der Waals surface area contributed by atoms with Crippen molar-refractivity contribution in [3.8, 4) is 39.5 Å². The SMILES string of the molecule is CC(C)(C)c1ccc(-n2c(-c3[c-]ccc4c3oc3c5c(ccc34)CCCC5)nc3c4ccccc4ccc32)c(-c2ccccc2)c1.[2H]C(C)(C)c1cc(-c2[c-]cccc2)nc[c]1[Ge]([CH3])([CH3])[CH3].[Ir]. The van der Waals surface area contributed by atoms with Crippen LogP contribution in [0.1, 0.15) is 77.0 Å². The molecule has 0 aliphatic heterocycles. The summed E-state index contributed by atoms with van der Waals surface area (Å²) in [6.45, 7) is 10.7. The summed E-state index contributed by atoms with van der Waals surface area (Å²) in [5.41, 5.74) is 15.4. The Morgan fingerprint density at radius 2 is 1.50 bits per heavy atom. The van der Waals surface area contributed by atoms with Crippen molar-refractivity contribution in [3.05, 3.63) is 180 Å². The number of hydrogen-bond donors (Lipinski definition) is 0. The van der Waals surface area contributed by atoms with Crippen molar-refractivity contribution in [3.63, 3.8) is 0 Å². The van der Waals surface area contributed by atoms with Crippen molar-refractivity contribution in [2.75, 3.05) is 0 Å². The Morgan fingerprint density at radius 3 is 2.26 bits per heavy atom. The van der Waals surface area contributed by atoms with E-state index in [0.717, 1.165) is 79.7 Å². The quantitative estimate of drug-likeness (QED) is 0.123. The van der Waals surface area contributed by atoms with Gasteiger partial charge in [-0.1, -0.05) is 111 Å². The minimum Gasteiger partial charge on any atom is 0 e. The molecule has 1 aliphatic carbocycles. The number of benzene rings is 7. The minimum atomic E-state index is -2.03. The van der Waals surface area contributed by atoms with Crippen LogP contribution in [0.4, 0.5) is 0 Å². The number of hydrogen-bond acceptors (Lipinski definition) is 3. The van der Waals surface area contributed by atoms with E-state index in [2.05, 4.69) is 169 Å². The van der Waals surface area contributed by atoms with Crippen LogP contribution in [0, 0.1) is 12.1 Å². The summed E-state index contributed by atoms with van der Waals surface area (Å²) in [7, 11) is 0. The van der Waals surface area contributed by atoms with E-state index in [0.29, 0.717) is 0 Å². The first-order chi connectivity index (χ1) is 31.6. The number of pyridine rings is 1. The fourth-order valence-electron chi connectivity index (χ4n) is 9.63. The minimum absolute atomic E-state index is 0. The van der Waals surface area contributed by atoms with Gasteiger partial charge in [0, 0.05) is 42.1 Å². The molecule has 0 fully saturated rings. The van der Waals surface area contributed by atoms with Crippen LogP contribution in [0.15, 0.2) is 150 Å². The number of aromatic nitrogens is 3. The van der Waals surface area contributed by atoms with Crippen LogP contribution in [0.5, 0.6) is 0 Å². The molecule has 1 aliphatic rings. The van der Waals surface area contributed by atoms with Gasteiger partial charge < -0.3 is 8.98 Å². The summed E-state index contributed by atoms with van der Waals surface area (Å²) < 4.78 is 19.0. The average molecular weight is 1100 g/mol. The number of furan rings is 1. The Bertz CT molecular complexity index is 3430. The molecule has 6 heteroatoms. The first-order valence-corrected chi connectivity index (χ1v) is 30.5. The molecule has 0 bridgehead atoms. The molecule has 7 aromatic carbocycles. The van der Waals surface area contributed by atoms with Gasteiger partial charge in [-0.2, -0.15) is 0 Å². The molecule has 4 nitrogen and oxygen atoms in total. The second-order valence-electron chi connectivity index (χ2n) is 19.9. The zero-order chi connectivity index (χ0) is 46.0. The van der Waals surface area contributed by atoms with E-state index in [1.54, 1.807) is 0 Å². The van der Waals surface area contributed by atoms with Crippen LogP contribution in [0.3, 0.4) is 0 Å². The molecule has 3 heterocycles. The fraction of sp³-hybridized carbons (Fsp3) is 0.233. The predicted octanol–water partition coefficient (Wildman–Crippen LogP) is 15.6. The van der Waals surface area contributed by atoms with Crippen LogP contribution in [-0.4, -0.2) is 27.8 Å². The molecular formula is C60H57GeIrN3O-2. The molecule has 3 aromatic heterocycles. The van der Waals surface area contributed by atoms with E-state index in [1.165, 1.54) is 55.8 Å². The molecule has 11 rings (SSSR count). The van der Waals surface area contributed by atoms with Gasteiger partial charge in [0.25, 0.3) is 0 Å². The third-order valence-electron chi connectivity index (χ3n) is 13.1. The maximum Gasteiger partial charge on any atom is 0 e. The van der Waals surface area contributed by atoms with Crippen molar-refractivity contribution in [2.45, 2.75) is 88.9 Å². The fourth-order valence-corrected chi connectivity index (χ4v) is 12.9. The van der Waals surface area contributed by atoms with Crippen LogP contribution >= 0.6 is 0 Å². The zero-order valence-corrected chi connectivity index (χ0v) is 43.8. The van der Waals surface area contributed by atoms with Crippen molar-refractivity contribution < 1.29 is 25.9 Å². The van der Waals surface area contributed by atoms with Gasteiger partial charge in [0.05, 0.1) is 22.4 Å². The molecule has 66 heavy (non-hydrogen) atoms. The standard InChI is InChI=1S/C43H35N2O.C17H22GeN.Ir/c1-43(2,3)30-22-25-37(36(26-30)27-12-5-4-6-13-27)45-38-24-21-28-14-7-9-16-31(28)39(38)44-42(45)35-19-11-18-33-34-23-20-29-15-8-10-17-32(29)40(34)46-41(33)35;1-13(2)15-11-17(14-9-7-6-8-10-14)19-12-16(15)18(3,4)5;/h4-7,9,11-14,16,18,20-26H,8,10,15,17H2,1-3H3;6-9,11-13H,1-5H3;/q2*-1;/i;13D;. The van der Waals surface area contributed by atoms with Gasteiger partial charge in [-0.3, -0.25) is 4.98 Å². The third kappa shape index (κ3) is 8.51. The molecule has 0 N–H and O–H groups in total. The van der Waals surface area contributed by atoms with E-state index in [9.17, 15) is 0 Å². The molecule has 1 radical (unpaired) electrons. The molecule has 333 valence electrons. The maximum absolute atomic E-state index is 8.44. The largest absolute Gasteiger partial charge is 0 e. The second-order valence-corrected chi connectivity index (χ2v) is 30.5. The summed E-state index contributed by atoms with van der Waals surface area (Å²) in [5, 5.41) is 4.61. The van der Waals surface area contributed by atoms with Crippen molar-refractivity contribution in [1.82, 2.24) is 14.5 Å². The predicted molar refractivity (Wildman–Crippen MR) is 276 cm³/mol. The Morgan fingerprint density at radius 1 is 0.742 bits per heavy atom. The number of nitrogens with zero attached hydrogens (tertiary/aromatic N) is 3. The maximum atomic E-state index is 8.44. The smallest absolute Gasteiger partial charge is 0 e. The number of rotatable bonds is 6. The Hall–Kier alpha value is -5.59. The molecular weight excluding hydrogens is 1040 g/mol. The number of imidazole rings is 1. The molecule has 10 aromatic rings. The zero-order valence-electron chi connectivity index (χ0n) is 40.3. The van der Waals surface area contributed by atoms with Crippen LogP contribution in [0.25, 0.3) is 83.2 Å². The summed E-state index contributed by atoms with van der Waals surface area (Å²) in [4.78, 5) is 10.1.